The van der Waals surface area contributed by atoms with Gasteiger partial charge in [0.2, 0.25) is 5.91 Å². The van der Waals surface area contributed by atoms with Gasteiger partial charge in [-0.2, -0.15) is 0 Å². The van der Waals surface area contributed by atoms with Crippen LogP contribution in [0.25, 0.3) is 21.8 Å². The van der Waals surface area contributed by atoms with Crippen molar-refractivity contribution < 1.29 is 14.4 Å². The van der Waals surface area contributed by atoms with Gasteiger partial charge in [-0.15, -0.1) is 0 Å². The maximum Gasteiger partial charge on any atom is 0.231 e. The van der Waals surface area contributed by atoms with Crippen molar-refractivity contribution >= 4 is 39.3 Å². The lowest BCUT2D eigenvalue weighted by atomic mass is 9.77. The maximum atomic E-state index is 13.0. The maximum absolute atomic E-state index is 13.0. The number of hydrogen-bond acceptors (Lipinski definition) is 3. The van der Waals surface area contributed by atoms with Crippen LogP contribution in [0.1, 0.15) is 53.6 Å². The van der Waals surface area contributed by atoms with Gasteiger partial charge in [-0.1, -0.05) is 36.4 Å². The van der Waals surface area contributed by atoms with Crippen LogP contribution in [0.3, 0.4) is 0 Å². The van der Waals surface area contributed by atoms with E-state index in [0.717, 1.165) is 38.5 Å². The molecule has 0 amide bonds. The summed E-state index contributed by atoms with van der Waals surface area (Å²) in [4.78, 5) is 41.7. The Morgan fingerprint density at radius 2 is 1.60 bits per heavy atom. The minimum Gasteiger partial charge on any atom is -0.361 e. The predicted octanol–water partition coefficient (Wildman–Crippen LogP) is 4.75. The largest absolute Gasteiger partial charge is 0.361 e. The van der Waals surface area contributed by atoms with E-state index in [1.54, 1.807) is 10.8 Å². The number of rotatable bonds is 5. The van der Waals surface area contributed by atoms with Crippen LogP contribution in [-0.2, 0) is 16.0 Å². The molecule has 2 aromatic heterocycles. The molecule has 0 fully saturated rings. The third-order valence-electron chi connectivity index (χ3n) is 6.32. The lowest BCUT2D eigenvalue weighted by Crippen LogP contribution is -2.23. The van der Waals surface area contributed by atoms with Gasteiger partial charge in [0, 0.05) is 35.1 Å². The molecule has 4 aromatic rings. The first-order valence-corrected chi connectivity index (χ1v) is 10.2. The van der Waals surface area contributed by atoms with Crippen molar-refractivity contribution in [1.82, 2.24) is 9.55 Å². The summed E-state index contributed by atoms with van der Waals surface area (Å²) in [6, 6.07) is 13.7. The molecule has 0 bridgehead atoms. The molecule has 1 aliphatic heterocycles. The van der Waals surface area contributed by atoms with Crippen LogP contribution >= 0.6 is 0 Å². The van der Waals surface area contributed by atoms with Crippen molar-refractivity contribution in [3.8, 4) is 0 Å². The summed E-state index contributed by atoms with van der Waals surface area (Å²) in [5.74, 6) is -1.42. The summed E-state index contributed by atoms with van der Waals surface area (Å²) in [7, 11) is 0. The van der Waals surface area contributed by atoms with Crippen molar-refractivity contribution in [2.75, 3.05) is 0 Å². The molecule has 0 saturated heterocycles. The molecule has 30 heavy (non-hydrogen) atoms. The quantitative estimate of drug-likeness (QED) is 0.527. The number of carbonyl (C=O) groups excluding carboxylic acids is 3. The van der Waals surface area contributed by atoms with Gasteiger partial charge < -0.3 is 4.98 Å². The smallest absolute Gasteiger partial charge is 0.231 e. The molecule has 0 aliphatic carbocycles. The summed E-state index contributed by atoms with van der Waals surface area (Å²) in [5, 5.41) is 1.82. The second-order valence-electron chi connectivity index (χ2n) is 8.13. The Morgan fingerprint density at radius 3 is 2.37 bits per heavy atom. The lowest BCUT2D eigenvalue weighted by Gasteiger charge is -2.23. The van der Waals surface area contributed by atoms with Crippen molar-refractivity contribution in [2.24, 2.45) is 0 Å². The van der Waals surface area contributed by atoms with Gasteiger partial charge in [-0.05, 0) is 43.0 Å². The van der Waals surface area contributed by atoms with Crippen LogP contribution in [0.5, 0.6) is 0 Å². The molecule has 2 atom stereocenters. The van der Waals surface area contributed by atoms with Crippen molar-refractivity contribution in [2.45, 2.75) is 38.5 Å². The van der Waals surface area contributed by atoms with E-state index in [1.807, 2.05) is 48.7 Å². The molecule has 3 heterocycles. The van der Waals surface area contributed by atoms with Gasteiger partial charge >= 0.3 is 0 Å². The first-order valence-electron chi connectivity index (χ1n) is 10.2. The third-order valence-corrected chi connectivity index (χ3v) is 6.32. The highest BCUT2D eigenvalue weighted by Gasteiger charge is 2.36. The number of hydrogen-bond donors (Lipinski definition) is 1. The van der Waals surface area contributed by atoms with Gasteiger partial charge in [-0.3, -0.25) is 19.0 Å². The van der Waals surface area contributed by atoms with Crippen LogP contribution in [-0.4, -0.2) is 27.0 Å². The van der Waals surface area contributed by atoms with E-state index in [4.69, 9.17) is 0 Å². The minimum atomic E-state index is -0.661. The van der Waals surface area contributed by atoms with E-state index in [0.29, 0.717) is 12.8 Å². The lowest BCUT2D eigenvalue weighted by molar-refractivity contribution is -0.124. The third kappa shape index (κ3) is 2.65. The predicted molar refractivity (Wildman–Crippen MR) is 116 cm³/mol. The Morgan fingerprint density at radius 1 is 0.900 bits per heavy atom. The van der Waals surface area contributed by atoms with Crippen LogP contribution in [0, 0.1) is 0 Å². The molecule has 5 nitrogen and oxygen atoms in total. The standard InChI is InChI=1S/C25H22N2O3/c1-14(28)23(19-12-26-21-9-4-3-7-17(19)21)24(15(2)29)20-13-27-22(30)11-10-16-6-5-8-18(20)25(16)27/h3-9,12-13,23-24,26H,10-11H2,1-2H3. The van der Waals surface area contributed by atoms with E-state index in [2.05, 4.69) is 4.98 Å². The summed E-state index contributed by atoms with van der Waals surface area (Å²) in [6.45, 7) is 3.07. The molecule has 0 radical (unpaired) electrons. The number of nitrogens with one attached hydrogen (secondary N) is 1. The Balaban J connectivity index is 1.77. The van der Waals surface area contributed by atoms with Crippen LogP contribution in [0.2, 0.25) is 0 Å². The number of nitrogens with zero attached hydrogens (tertiary/aromatic N) is 1. The average molecular weight is 398 g/mol. The van der Waals surface area contributed by atoms with E-state index in [9.17, 15) is 14.4 Å². The van der Waals surface area contributed by atoms with Crippen molar-refractivity contribution in [3.63, 3.8) is 0 Å². The van der Waals surface area contributed by atoms with Crippen LogP contribution in [0.4, 0.5) is 0 Å². The zero-order valence-corrected chi connectivity index (χ0v) is 16.9. The number of benzene rings is 2. The number of para-hydroxylation sites is 2. The van der Waals surface area contributed by atoms with Gasteiger partial charge in [0.25, 0.3) is 0 Å². The number of ketones is 2. The van der Waals surface area contributed by atoms with E-state index in [-0.39, 0.29) is 17.5 Å². The molecule has 5 heteroatoms. The number of carbonyl (C=O) groups is 3. The van der Waals surface area contributed by atoms with Crippen molar-refractivity contribution in [1.29, 1.82) is 0 Å². The first-order chi connectivity index (χ1) is 14.5. The fraction of sp³-hybridized carbons (Fsp3) is 0.240. The monoisotopic (exact) mass is 398 g/mol. The Hall–Kier alpha value is -3.47. The highest BCUT2D eigenvalue weighted by molar-refractivity contribution is 6.04. The number of Topliss-reactive ketones (excluding diaryl/α,β-unsaturated/α-hetero) is 2. The second kappa shape index (κ2) is 6.80. The van der Waals surface area contributed by atoms with Gasteiger partial charge in [0.05, 0.1) is 17.4 Å². The molecule has 0 saturated carbocycles. The number of fused-ring (bicyclic) bond motifs is 1. The molecule has 1 N–H and O–H groups in total. The Kier molecular flexibility index (Phi) is 4.21. The zero-order chi connectivity index (χ0) is 21.0. The number of aryl methyl sites for hydroxylation is 1. The summed E-state index contributed by atoms with van der Waals surface area (Å²) in [5.41, 5.74) is 4.47. The highest BCUT2D eigenvalue weighted by atomic mass is 16.2. The summed E-state index contributed by atoms with van der Waals surface area (Å²) < 4.78 is 1.67. The number of aromatic nitrogens is 2. The molecule has 0 spiro atoms. The van der Waals surface area contributed by atoms with Crippen LogP contribution < -0.4 is 0 Å². The number of H-pyrrole nitrogens is 1. The zero-order valence-electron chi connectivity index (χ0n) is 16.9. The average Bonchev–Trinajstić information content (AvgIpc) is 3.31. The summed E-state index contributed by atoms with van der Waals surface area (Å²) in [6.07, 6.45) is 4.76. The normalized spacial score (nSPS) is 15.5. The van der Waals surface area contributed by atoms with Gasteiger partial charge in [0.15, 0.2) is 0 Å². The fourth-order valence-corrected chi connectivity index (χ4v) is 5.01. The summed E-state index contributed by atoms with van der Waals surface area (Å²) >= 11 is 0. The van der Waals surface area contributed by atoms with Crippen LogP contribution in [0.15, 0.2) is 54.9 Å². The van der Waals surface area contributed by atoms with Gasteiger partial charge in [0.1, 0.15) is 11.6 Å². The van der Waals surface area contributed by atoms with Crippen molar-refractivity contribution in [3.05, 3.63) is 71.5 Å². The van der Waals surface area contributed by atoms with Gasteiger partial charge in [-0.25, -0.2) is 0 Å². The second-order valence-corrected chi connectivity index (χ2v) is 8.13. The first kappa shape index (κ1) is 18.6. The molecule has 2 aromatic carbocycles. The SMILES string of the molecule is CC(=O)C(c1c[nH]c2ccccc12)C(C(C)=O)c1cn2c3c(cccc13)CCC2=O. The highest BCUT2D eigenvalue weighted by Crippen LogP contribution is 2.42. The van der Waals surface area contributed by atoms with E-state index >= 15 is 0 Å². The van der Waals surface area contributed by atoms with E-state index in [1.165, 1.54) is 13.8 Å². The molecule has 2 unspecified atom stereocenters. The molecule has 1 aliphatic rings. The Labute approximate surface area is 173 Å². The fourth-order valence-electron chi connectivity index (χ4n) is 5.01. The molecular formula is C25H22N2O3. The minimum absolute atomic E-state index is 0.0266. The molecule has 5 rings (SSSR count). The Bertz CT molecular complexity index is 1340. The molecule has 150 valence electrons. The topological polar surface area (TPSA) is 71.9 Å². The number of aromatic amines is 1. The van der Waals surface area contributed by atoms with E-state index < -0.39 is 11.8 Å². The molecular weight excluding hydrogens is 376 g/mol.